The third-order valence-electron chi connectivity index (χ3n) is 7.53. The van der Waals surface area contributed by atoms with Crippen LogP contribution in [0.1, 0.15) is 56.1 Å². The van der Waals surface area contributed by atoms with Crippen molar-refractivity contribution in [3.8, 4) is 11.5 Å². The molecule has 0 bridgehead atoms. The van der Waals surface area contributed by atoms with Crippen LogP contribution in [0.25, 0.3) is 0 Å². The summed E-state index contributed by atoms with van der Waals surface area (Å²) >= 11 is 0. The smallest absolute Gasteiger partial charge is 0.243 e. The van der Waals surface area contributed by atoms with Crippen LogP contribution in [-0.4, -0.2) is 73.5 Å². The molecule has 1 N–H and O–H groups in total. The fourth-order valence-corrected chi connectivity index (χ4v) is 5.24. The fourth-order valence-electron chi connectivity index (χ4n) is 5.24. The van der Waals surface area contributed by atoms with Crippen molar-refractivity contribution < 1.29 is 23.8 Å². The third-order valence-corrected chi connectivity index (χ3v) is 7.53. The quantitative estimate of drug-likeness (QED) is 0.491. The zero-order chi connectivity index (χ0) is 27.0. The first kappa shape index (κ1) is 27.1. The van der Waals surface area contributed by atoms with Crippen molar-refractivity contribution in [2.75, 3.05) is 45.3 Å². The predicted octanol–water partition coefficient (Wildman–Crippen LogP) is 4.20. The molecule has 1 saturated heterocycles. The van der Waals surface area contributed by atoms with Crippen LogP contribution in [0, 0.1) is 0 Å². The second kappa shape index (κ2) is 13.1. The molecule has 0 spiro atoms. The van der Waals surface area contributed by atoms with Crippen LogP contribution in [0.2, 0.25) is 0 Å². The summed E-state index contributed by atoms with van der Waals surface area (Å²) in [5.74, 6) is 1.43. The first-order chi connectivity index (χ1) is 19.1. The van der Waals surface area contributed by atoms with E-state index in [-0.39, 0.29) is 17.9 Å². The molecule has 0 atom stereocenters. The summed E-state index contributed by atoms with van der Waals surface area (Å²) in [6.07, 6.45) is 6.16. The van der Waals surface area contributed by atoms with E-state index in [1.165, 1.54) is 17.9 Å². The molecule has 3 aliphatic rings. The van der Waals surface area contributed by atoms with Gasteiger partial charge in [-0.2, -0.15) is 5.10 Å². The molecular weight excluding hydrogens is 496 g/mol. The second-order valence-corrected chi connectivity index (χ2v) is 10.3. The van der Waals surface area contributed by atoms with Gasteiger partial charge in [0.2, 0.25) is 11.8 Å². The summed E-state index contributed by atoms with van der Waals surface area (Å²) in [4.78, 5) is 27.3. The fraction of sp³-hybridized carbons (Fsp3) is 0.500. The minimum absolute atomic E-state index is 0.00446. The lowest BCUT2D eigenvalue weighted by Gasteiger charge is -2.26. The maximum absolute atomic E-state index is 12.7. The Labute approximate surface area is 230 Å². The van der Waals surface area contributed by atoms with Crippen molar-refractivity contribution in [2.45, 2.75) is 57.6 Å². The minimum Gasteiger partial charge on any atom is -0.493 e. The maximum atomic E-state index is 12.7. The topological polar surface area (TPSA) is 92.7 Å². The molecule has 0 aromatic heterocycles. The van der Waals surface area contributed by atoms with Gasteiger partial charge in [0.05, 0.1) is 38.7 Å². The molecule has 2 amide bonds. The van der Waals surface area contributed by atoms with Crippen LogP contribution in [0.5, 0.6) is 11.5 Å². The molecule has 5 rings (SSSR count). The molecule has 0 radical (unpaired) electrons. The highest BCUT2D eigenvalue weighted by Crippen LogP contribution is 2.33. The Morgan fingerprint density at radius 1 is 1.05 bits per heavy atom. The minimum atomic E-state index is -0.00883. The Hall–Kier alpha value is -3.43. The second-order valence-electron chi connectivity index (χ2n) is 10.3. The van der Waals surface area contributed by atoms with Crippen LogP contribution in [0.4, 0.5) is 5.69 Å². The molecule has 208 valence electrons. The van der Waals surface area contributed by atoms with Gasteiger partial charge >= 0.3 is 0 Å². The number of hydrogen-bond donors (Lipinski definition) is 1. The number of carbonyl (C=O) groups excluding carboxylic acids is 2. The molecule has 9 heteroatoms. The van der Waals surface area contributed by atoms with Crippen molar-refractivity contribution in [3.05, 3.63) is 53.6 Å². The Morgan fingerprint density at radius 3 is 2.56 bits per heavy atom. The molecule has 2 heterocycles. The number of morpholine rings is 1. The van der Waals surface area contributed by atoms with Crippen LogP contribution >= 0.6 is 0 Å². The number of rotatable bonds is 10. The number of nitrogens with one attached hydrogen (secondary N) is 1. The van der Waals surface area contributed by atoms with Gasteiger partial charge in [-0.1, -0.05) is 12.1 Å². The van der Waals surface area contributed by atoms with E-state index in [4.69, 9.17) is 19.3 Å². The van der Waals surface area contributed by atoms with Gasteiger partial charge in [0.1, 0.15) is 0 Å². The zero-order valence-corrected chi connectivity index (χ0v) is 22.7. The monoisotopic (exact) mass is 534 g/mol. The van der Waals surface area contributed by atoms with Crippen LogP contribution in [0.15, 0.2) is 47.6 Å². The highest BCUT2D eigenvalue weighted by Gasteiger charge is 2.24. The number of benzene rings is 2. The van der Waals surface area contributed by atoms with Crippen molar-refractivity contribution in [1.82, 2.24) is 9.91 Å². The standard InChI is InChI=1S/C30H38N4O5/c1-37-27-12-8-23(20-28(27)39-25-4-2-3-5-25)26-11-13-30(36)34(32-26)21-22-6-9-24(10-7-22)31-29(35)14-15-33-16-18-38-19-17-33/h6-10,12,20,25H,2-5,11,13-19,21H2,1H3,(H,31,35). The van der Waals surface area contributed by atoms with Gasteiger partial charge in [-0.15, -0.1) is 0 Å². The molecule has 9 nitrogen and oxygen atoms in total. The number of methoxy groups -OCH3 is 1. The largest absolute Gasteiger partial charge is 0.493 e. The number of anilines is 1. The number of hydrogen-bond acceptors (Lipinski definition) is 7. The number of ether oxygens (including phenoxy) is 3. The van der Waals surface area contributed by atoms with Crippen LogP contribution in [0.3, 0.4) is 0 Å². The van der Waals surface area contributed by atoms with Gasteiger partial charge in [0.25, 0.3) is 0 Å². The number of amides is 2. The highest BCUT2D eigenvalue weighted by molar-refractivity contribution is 6.04. The zero-order valence-electron chi connectivity index (χ0n) is 22.7. The molecule has 1 saturated carbocycles. The predicted molar refractivity (Wildman–Crippen MR) is 149 cm³/mol. The Bertz CT molecular complexity index is 1170. The molecule has 0 unspecified atom stereocenters. The van der Waals surface area contributed by atoms with E-state index in [2.05, 4.69) is 10.2 Å². The summed E-state index contributed by atoms with van der Waals surface area (Å²) in [6.45, 7) is 4.29. The lowest BCUT2D eigenvalue weighted by Crippen LogP contribution is -2.38. The van der Waals surface area contributed by atoms with Crippen molar-refractivity contribution >= 4 is 23.2 Å². The summed E-state index contributed by atoms with van der Waals surface area (Å²) in [7, 11) is 1.65. The first-order valence-electron chi connectivity index (χ1n) is 14.0. The van der Waals surface area contributed by atoms with E-state index in [9.17, 15) is 9.59 Å². The van der Waals surface area contributed by atoms with Crippen molar-refractivity contribution in [2.24, 2.45) is 5.10 Å². The number of carbonyl (C=O) groups is 2. The first-order valence-corrected chi connectivity index (χ1v) is 14.0. The van der Waals surface area contributed by atoms with E-state index >= 15 is 0 Å². The molecule has 2 aliphatic heterocycles. The van der Waals surface area contributed by atoms with Crippen LogP contribution in [-0.2, 0) is 20.9 Å². The van der Waals surface area contributed by atoms with Gasteiger partial charge in [-0.3, -0.25) is 14.5 Å². The summed E-state index contributed by atoms with van der Waals surface area (Å²) in [5, 5.41) is 9.22. The lowest BCUT2D eigenvalue weighted by molar-refractivity contribution is -0.132. The Balaban J connectivity index is 1.20. The van der Waals surface area contributed by atoms with E-state index in [0.717, 1.165) is 74.0 Å². The summed E-state index contributed by atoms with van der Waals surface area (Å²) in [5.41, 5.74) is 3.49. The number of hydrazone groups is 1. The molecule has 1 aliphatic carbocycles. The van der Waals surface area contributed by atoms with Gasteiger partial charge in [0.15, 0.2) is 11.5 Å². The van der Waals surface area contributed by atoms with E-state index < -0.39 is 0 Å². The molecule has 39 heavy (non-hydrogen) atoms. The van der Waals surface area contributed by atoms with Gasteiger partial charge in [0, 0.05) is 50.1 Å². The molecular formula is C30H38N4O5. The van der Waals surface area contributed by atoms with Gasteiger partial charge in [-0.25, -0.2) is 5.01 Å². The maximum Gasteiger partial charge on any atom is 0.243 e. The van der Waals surface area contributed by atoms with Crippen molar-refractivity contribution in [1.29, 1.82) is 0 Å². The Morgan fingerprint density at radius 2 is 1.82 bits per heavy atom. The highest BCUT2D eigenvalue weighted by atomic mass is 16.5. The normalized spacial score (nSPS) is 18.6. The van der Waals surface area contributed by atoms with Crippen LogP contribution < -0.4 is 14.8 Å². The molecule has 2 aromatic rings. The SMILES string of the molecule is COc1ccc(C2=NN(Cc3ccc(NC(=O)CCN4CCOCC4)cc3)C(=O)CC2)cc1OC1CCCC1. The van der Waals surface area contributed by atoms with E-state index in [0.29, 0.717) is 31.6 Å². The summed E-state index contributed by atoms with van der Waals surface area (Å²) in [6, 6.07) is 13.5. The average Bonchev–Trinajstić information content (AvgIpc) is 3.48. The van der Waals surface area contributed by atoms with Crippen molar-refractivity contribution in [3.63, 3.8) is 0 Å². The average molecular weight is 535 g/mol. The van der Waals surface area contributed by atoms with E-state index in [1.54, 1.807) is 7.11 Å². The Kier molecular flexibility index (Phi) is 9.11. The summed E-state index contributed by atoms with van der Waals surface area (Å²) < 4.78 is 17.1. The van der Waals surface area contributed by atoms with Gasteiger partial charge in [-0.05, 0) is 61.6 Å². The van der Waals surface area contributed by atoms with E-state index in [1.807, 2.05) is 42.5 Å². The lowest BCUT2D eigenvalue weighted by atomic mass is 10.0. The molecule has 2 fully saturated rings. The molecule has 2 aromatic carbocycles. The third kappa shape index (κ3) is 7.36. The van der Waals surface area contributed by atoms with Gasteiger partial charge < -0.3 is 19.5 Å². The number of nitrogens with zero attached hydrogens (tertiary/aromatic N) is 3.